The number of alkyl halides is 3. The van der Waals surface area contributed by atoms with Gasteiger partial charge in [0.2, 0.25) is 0 Å². The molecule has 0 rings (SSSR count). The summed E-state index contributed by atoms with van der Waals surface area (Å²) in [4.78, 5) is 1.74. The monoisotopic (exact) mass is 254 g/mol. The standard InChI is InChI=1S/C12H25F3N2/c1-11(2,3)10(16-4)6-8-17(5)9-7-12(13,14)15/h10,16H,6-9H2,1-5H3. The van der Waals surface area contributed by atoms with Crippen LogP contribution in [-0.4, -0.2) is 44.3 Å². The zero-order valence-corrected chi connectivity index (χ0v) is 11.5. The van der Waals surface area contributed by atoms with Crippen molar-refractivity contribution in [3.8, 4) is 0 Å². The molecular weight excluding hydrogens is 229 g/mol. The second-order valence-corrected chi connectivity index (χ2v) is 5.66. The van der Waals surface area contributed by atoms with Crippen LogP contribution in [0.3, 0.4) is 0 Å². The summed E-state index contributed by atoms with van der Waals surface area (Å²) in [7, 11) is 3.63. The van der Waals surface area contributed by atoms with E-state index in [0.29, 0.717) is 12.6 Å². The van der Waals surface area contributed by atoms with Crippen LogP contribution in [0.4, 0.5) is 13.2 Å². The molecule has 0 bridgehead atoms. The zero-order valence-electron chi connectivity index (χ0n) is 11.5. The molecule has 0 spiro atoms. The first-order valence-corrected chi connectivity index (χ1v) is 5.99. The highest BCUT2D eigenvalue weighted by Gasteiger charge is 2.27. The van der Waals surface area contributed by atoms with Crippen LogP contribution in [0, 0.1) is 5.41 Å². The van der Waals surface area contributed by atoms with E-state index in [4.69, 9.17) is 0 Å². The van der Waals surface area contributed by atoms with Crippen molar-refractivity contribution in [2.75, 3.05) is 27.2 Å². The van der Waals surface area contributed by atoms with Gasteiger partial charge in [-0.3, -0.25) is 0 Å². The molecule has 0 aromatic rings. The number of hydrogen-bond donors (Lipinski definition) is 1. The van der Waals surface area contributed by atoms with E-state index in [2.05, 4.69) is 26.1 Å². The van der Waals surface area contributed by atoms with Crippen molar-refractivity contribution in [3.05, 3.63) is 0 Å². The van der Waals surface area contributed by atoms with Gasteiger partial charge in [-0.1, -0.05) is 20.8 Å². The third-order valence-electron chi connectivity index (χ3n) is 2.97. The highest BCUT2D eigenvalue weighted by Crippen LogP contribution is 2.22. The maximum atomic E-state index is 12.0. The maximum Gasteiger partial charge on any atom is 0.390 e. The van der Waals surface area contributed by atoms with Crippen LogP contribution in [0.15, 0.2) is 0 Å². The predicted octanol–water partition coefficient (Wildman–Crippen LogP) is 2.89. The van der Waals surface area contributed by atoms with Crippen molar-refractivity contribution in [2.45, 2.75) is 45.8 Å². The Morgan fingerprint density at radius 2 is 1.65 bits per heavy atom. The molecule has 0 aliphatic carbocycles. The Labute approximate surface area is 103 Å². The molecule has 104 valence electrons. The first-order valence-electron chi connectivity index (χ1n) is 5.99. The lowest BCUT2D eigenvalue weighted by molar-refractivity contribution is -0.137. The largest absolute Gasteiger partial charge is 0.390 e. The number of nitrogens with zero attached hydrogens (tertiary/aromatic N) is 1. The van der Waals surface area contributed by atoms with Crippen molar-refractivity contribution in [1.82, 2.24) is 10.2 Å². The second-order valence-electron chi connectivity index (χ2n) is 5.66. The summed E-state index contributed by atoms with van der Waals surface area (Å²) >= 11 is 0. The molecule has 2 nitrogen and oxygen atoms in total. The molecule has 0 aliphatic rings. The van der Waals surface area contributed by atoms with E-state index < -0.39 is 12.6 Å². The molecule has 1 atom stereocenters. The Balaban J connectivity index is 3.94. The average Bonchev–Trinajstić information content (AvgIpc) is 2.12. The van der Waals surface area contributed by atoms with E-state index in [9.17, 15) is 13.2 Å². The minimum absolute atomic E-state index is 0.0735. The third-order valence-corrected chi connectivity index (χ3v) is 2.97. The van der Waals surface area contributed by atoms with E-state index in [-0.39, 0.29) is 12.0 Å². The molecule has 1 N–H and O–H groups in total. The summed E-state index contributed by atoms with van der Waals surface area (Å²) in [6.45, 7) is 7.14. The van der Waals surface area contributed by atoms with Crippen LogP contribution in [-0.2, 0) is 0 Å². The molecule has 0 amide bonds. The van der Waals surface area contributed by atoms with Crippen LogP contribution in [0.5, 0.6) is 0 Å². The first kappa shape index (κ1) is 16.7. The molecule has 0 aromatic heterocycles. The van der Waals surface area contributed by atoms with E-state index in [1.54, 1.807) is 11.9 Å². The maximum absolute atomic E-state index is 12.0. The fraction of sp³-hybridized carbons (Fsp3) is 1.00. The van der Waals surface area contributed by atoms with Crippen LogP contribution in [0.2, 0.25) is 0 Å². The van der Waals surface area contributed by atoms with E-state index in [0.717, 1.165) is 6.42 Å². The van der Waals surface area contributed by atoms with Crippen molar-refractivity contribution in [3.63, 3.8) is 0 Å². The van der Waals surface area contributed by atoms with E-state index >= 15 is 0 Å². The Hall–Kier alpha value is -0.290. The molecule has 0 aliphatic heterocycles. The van der Waals surface area contributed by atoms with Crippen molar-refractivity contribution < 1.29 is 13.2 Å². The van der Waals surface area contributed by atoms with Crippen molar-refractivity contribution >= 4 is 0 Å². The first-order chi connectivity index (χ1) is 7.56. The lowest BCUT2D eigenvalue weighted by Crippen LogP contribution is -2.40. The SMILES string of the molecule is CNC(CCN(C)CCC(F)(F)F)C(C)(C)C. The molecule has 0 aromatic carbocycles. The predicted molar refractivity (Wildman–Crippen MR) is 65.1 cm³/mol. The lowest BCUT2D eigenvalue weighted by Gasteiger charge is -2.32. The van der Waals surface area contributed by atoms with E-state index in [1.807, 2.05) is 7.05 Å². The lowest BCUT2D eigenvalue weighted by atomic mass is 9.85. The summed E-state index contributed by atoms with van der Waals surface area (Å²) < 4.78 is 36.1. The number of rotatable bonds is 6. The van der Waals surface area contributed by atoms with Gasteiger partial charge in [0.05, 0.1) is 6.42 Å². The second kappa shape index (κ2) is 6.59. The molecule has 0 saturated heterocycles. The number of nitrogens with one attached hydrogen (secondary N) is 1. The molecule has 0 saturated carbocycles. The van der Waals surface area contributed by atoms with Crippen molar-refractivity contribution in [2.24, 2.45) is 5.41 Å². The summed E-state index contributed by atoms with van der Waals surface area (Å²) in [5.41, 5.74) is 0.125. The summed E-state index contributed by atoms with van der Waals surface area (Å²) in [5, 5.41) is 3.22. The quantitative estimate of drug-likeness (QED) is 0.784. The van der Waals surface area contributed by atoms with Crippen LogP contribution >= 0.6 is 0 Å². The van der Waals surface area contributed by atoms with Gasteiger partial charge in [-0.2, -0.15) is 13.2 Å². The summed E-state index contributed by atoms with van der Waals surface area (Å²) in [6.07, 6.45) is -3.93. The normalized spacial score (nSPS) is 15.4. The Bertz CT molecular complexity index is 209. The van der Waals surface area contributed by atoms with Gasteiger partial charge in [0.25, 0.3) is 0 Å². The van der Waals surface area contributed by atoms with Gasteiger partial charge >= 0.3 is 6.18 Å². The van der Waals surface area contributed by atoms with Crippen LogP contribution < -0.4 is 5.32 Å². The highest BCUT2D eigenvalue weighted by molar-refractivity contribution is 4.79. The molecule has 0 heterocycles. The van der Waals surface area contributed by atoms with E-state index in [1.165, 1.54) is 0 Å². The molecule has 0 fully saturated rings. The Kier molecular flexibility index (Phi) is 6.48. The molecular formula is C12H25F3N2. The number of halogens is 3. The topological polar surface area (TPSA) is 15.3 Å². The fourth-order valence-electron chi connectivity index (χ4n) is 1.79. The fourth-order valence-corrected chi connectivity index (χ4v) is 1.79. The zero-order chi connectivity index (χ0) is 13.7. The van der Waals surface area contributed by atoms with Crippen LogP contribution in [0.25, 0.3) is 0 Å². The van der Waals surface area contributed by atoms with Gasteiger partial charge in [0.15, 0.2) is 0 Å². The Morgan fingerprint density at radius 3 is 2.00 bits per heavy atom. The van der Waals surface area contributed by atoms with Gasteiger partial charge in [0.1, 0.15) is 0 Å². The van der Waals surface area contributed by atoms with Gasteiger partial charge in [0, 0.05) is 12.6 Å². The van der Waals surface area contributed by atoms with Gasteiger partial charge in [-0.25, -0.2) is 0 Å². The van der Waals surface area contributed by atoms with Gasteiger partial charge < -0.3 is 10.2 Å². The third kappa shape index (κ3) is 8.44. The smallest absolute Gasteiger partial charge is 0.316 e. The molecule has 1 unspecified atom stereocenters. The summed E-state index contributed by atoms with van der Waals surface area (Å²) in [6, 6.07) is 0.316. The van der Waals surface area contributed by atoms with Crippen molar-refractivity contribution in [1.29, 1.82) is 0 Å². The minimum atomic E-state index is -4.05. The molecule has 5 heteroatoms. The average molecular weight is 254 g/mol. The molecule has 17 heavy (non-hydrogen) atoms. The summed E-state index contributed by atoms with van der Waals surface area (Å²) in [5.74, 6) is 0. The minimum Gasteiger partial charge on any atom is -0.316 e. The van der Waals surface area contributed by atoms with Gasteiger partial charge in [-0.15, -0.1) is 0 Å². The Morgan fingerprint density at radius 1 is 1.12 bits per heavy atom. The van der Waals surface area contributed by atoms with Crippen LogP contribution in [0.1, 0.15) is 33.6 Å². The number of hydrogen-bond acceptors (Lipinski definition) is 2. The van der Waals surface area contributed by atoms with Gasteiger partial charge in [-0.05, 0) is 32.5 Å². The highest BCUT2D eigenvalue weighted by atomic mass is 19.4. The molecule has 0 radical (unpaired) electrons.